The van der Waals surface area contributed by atoms with Gasteiger partial charge in [0.1, 0.15) is 0 Å². The number of rotatable bonds is 5. The zero-order valence-corrected chi connectivity index (χ0v) is 13.0. The molecule has 1 aliphatic heterocycles. The standard InChI is InChI=1S/C15H26N4O2/c1-3-12(4-2)14-10-13(21-18-14)11-17-15(20)19-8-5-6-16-7-9-19/h10,12,16H,3-9,11H2,1-2H3,(H,17,20). The lowest BCUT2D eigenvalue weighted by atomic mass is 9.99. The highest BCUT2D eigenvalue weighted by molar-refractivity contribution is 5.74. The first-order valence-corrected chi connectivity index (χ1v) is 7.93. The molecule has 1 aromatic rings. The predicted octanol–water partition coefficient (Wildman–Crippen LogP) is 2.08. The van der Waals surface area contributed by atoms with Crippen LogP contribution < -0.4 is 10.6 Å². The number of nitrogens with one attached hydrogen (secondary N) is 2. The van der Waals surface area contributed by atoms with Crippen LogP contribution in [0.2, 0.25) is 0 Å². The molecule has 6 heteroatoms. The minimum absolute atomic E-state index is 0.0285. The molecule has 118 valence electrons. The van der Waals surface area contributed by atoms with E-state index in [1.54, 1.807) is 0 Å². The number of hydrogen-bond donors (Lipinski definition) is 2. The summed E-state index contributed by atoms with van der Waals surface area (Å²) in [5.41, 5.74) is 0.989. The van der Waals surface area contributed by atoms with Crippen LogP contribution in [0.4, 0.5) is 4.79 Å². The van der Waals surface area contributed by atoms with Crippen LogP contribution in [0.5, 0.6) is 0 Å². The summed E-state index contributed by atoms with van der Waals surface area (Å²) in [5, 5.41) is 10.3. The topological polar surface area (TPSA) is 70.4 Å². The quantitative estimate of drug-likeness (QED) is 0.872. The molecule has 0 spiro atoms. The molecule has 1 fully saturated rings. The van der Waals surface area contributed by atoms with E-state index in [9.17, 15) is 4.79 Å². The first kappa shape index (κ1) is 15.8. The molecule has 2 rings (SSSR count). The van der Waals surface area contributed by atoms with E-state index in [2.05, 4.69) is 29.6 Å². The Bertz CT molecular complexity index is 435. The number of hydrogen-bond acceptors (Lipinski definition) is 4. The van der Waals surface area contributed by atoms with Crippen molar-refractivity contribution in [2.24, 2.45) is 0 Å². The van der Waals surface area contributed by atoms with E-state index in [4.69, 9.17) is 4.52 Å². The van der Waals surface area contributed by atoms with Gasteiger partial charge in [0.15, 0.2) is 5.76 Å². The third-order valence-electron chi connectivity index (χ3n) is 4.02. The maximum absolute atomic E-state index is 12.1. The summed E-state index contributed by atoms with van der Waals surface area (Å²) < 4.78 is 5.32. The highest BCUT2D eigenvalue weighted by Gasteiger charge is 2.16. The third kappa shape index (κ3) is 4.46. The Morgan fingerprint density at radius 2 is 2.24 bits per heavy atom. The smallest absolute Gasteiger partial charge is 0.317 e. The van der Waals surface area contributed by atoms with Crippen LogP contribution in [0.3, 0.4) is 0 Å². The molecule has 0 atom stereocenters. The van der Waals surface area contributed by atoms with Gasteiger partial charge in [-0.2, -0.15) is 0 Å². The van der Waals surface area contributed by atoms with Crippen molar-refractivity contribution < 1.29 is 9.32 Å². The first-order chi connectivity index (χ1) is 10.2. The van der Waals surface area contributed by atoms with Gasteiger partial charge >= 0.3 is 6.03 Å². The van der Waals surface area contributed by atoms with Crippen molar-refractivity contribution in [2.75, 3.05) is 26.2 Å². The van der Waals surface area contributed by atoms with Gasteiger partial charge in [-0.05, 0) is 25.8 Å². The van der Waals surface area contributed by atoms with E-state index >= 15 is 0 Å². The summed E-state index contributed by atoms with van der Waals surface area (Å²) in [6, 6.07) is 1.93. The van der Waals surface area contributed by atoms with Crippen LogP contribution in [0.25, 0.3) is 0 Å². The van der Waals surface area contributed by atoms with Crippen molar-refractivity contribution >= 4 is 6.03 Å². The van der Waals surface area contributed by atoms with E-state index in [1.807, 2.05) is 11.0 Å². The number of carbonyl (C=O) groups is 1. The normalized spacial score (nSPS) is 16.0. The molecule has 2 N–H and O–H groups in total. The van der Waals surface area contributed by atoms with Gasteiger partial charge in [-0.25, -0.2) is 4.79 Å². The molecule has 1 saturated heterocycles. The highest BCUT2D eigenvalue weighted by atomic mass is 16.5. The van der Waals surface area contributed by atoms with Crippen LogP contribution >= 0.6 is 0 Å². The van der Waals surface area contributed by atoms with E-state index in [1.165, 1.54) is 0 Å². The lowest BCUT2D eigenvalue weighted by Gasteiger charge is -2.19. The summed E-state index contributed by atoms with van der Waals surface area (Å²) in [7, 11) is 0. The molecular weight excluding hydrogens is 268 g/mol. The fraction of sp³-hybridized carbons (Fsp3) is 0.733. The van der Waals surface area contributed by atoms with E-state index in [0.29, 0.717) is 12.5 Å². The fourth-order valence-electron chi connectivity index (χ4n) is 2.63. The molecule has 21 heavy (non-hydrogen) atoms. The SMILES string of the molecule is CCC(CC)c1cc(CNC(=O)N2CCCNCC2)on1. The van der Waals surface area contributed by atoms with Crippen molar-refractivity contribution in [3.8, 4) is 0 Å². The summed E-state index contributed by atoms with van der Waals surface area (Å²) in [6.45, 7) is 8.08. The summed E-state index contributed by atoms with van der Waals surface area (Å²) in [5.74, 6) is 1.16. The Labute approximate surface area is 126 Å². The molecule has 0 saturated carbocycles. The number of nitrogens with zero attached hydrogens (tertiary/aromatic N) is 2. The molecule has 2 amide bonds. The van der Waals surface area contributed by atoms with Crippen molar-refractivity contribution in [1.82, 2.24) is 20.7 Å². The van der Waals surface area contributed by atoms with Gasteiger partial charge in [-0.1, -0.05) is 19.0 Å². The van der Waals surface area contributed by atoms with Gasteiger partial charge in [0.25, 0.3) is 0 Å². The van der Waals surface area contributed by atoms with E-state index in [-0.39, 0.29) is 6.03 Å². The molecule has 0 radical (unpaired) electrons. The first-order valence-electron chi connectivity index (χ1n) is 7.93. The van der Waals surface area contributed by atoms with Crippen molar-refractivity contribution in [2.45, 2.75) is 45.6 Å². The Kier molecular flexibility index (Phi) is 6.04. The van der Waals surface area contributed by atoms with Gasteiger partial charge in [-0.3, -0.25) is 0 Å². The zero-order valence-electron chi connectivity index (χ0n) is 13.0. The van der Waals surface area contributed by atoms with Crippen molar-refractivity contribution in [1.29, 1.82) is 0 Å². The second-order valence-electron chi connectivity index (χ2n) is 5.48. The Morgan fingerprint density at radius 3 is 3.00 bits per heavy atom. The summed E-state index contributed by atoms with van der Waals surface area (Å²) in [6.07, 6.45) is 3.10. The maximum atomic E-state index is 12.1. The lowest BCUT2D eigenvalue weighted by molar-refractivity contribution is 0.199. The molecule has 0 aromatic carbocycles. The fourth-order valence-corrected chi connectivity index (χ4v) is 2.63. The molecule has 6 nitrogen and oxygen atoms in total. The second kappa shape index (κ2) is 8.02. The van der Waals surface area contributed by atoms with Gasteiger partial charge in [0.05, 0.1) is 12.2 Å². The zero-order chi connectivity index (χ0) is 15.1. The van der Waals surface area contributed by atoms with Gasteiger partial charge < -0.3 is 20.1 Å². The summed E-state index contributed by atoms with van der Waals surface area (Å²) >= 11 is 0. The average molecular weight is 294 g/mol. The summed E-state index contributed by atoms with van der Waals surface area (Å²) in [4.78, 5) is 13.9. The largest absolute Gasteiger partial charge is 0.359 e. The Morgan fingerprint density at radius 1 is 1.43 bits per heavy atom. The maximum Gasteiger partial charge on any atom is 0.317 e. The molecule has 2 heterocycles. The molecule has 0 bridgehead atoms. The minimum Gasteiger partial charge on any atom is -0.359 e. The average Bonchev–Trinajstić information content (AvgIpc) is 2.79. The van der Waals surface area contributed by atoms with Crippen molar-refractivity contribution in [3.05, 3.63) is 17.5 Å². The number of urea groups is 1. The molecule has 1 aromatic heterocycles. The second-order valence-corrected chi connectivity index (χ2v) is 5.48. The number of amides is 2. The van der Waals surface area contributed by atoms with Crippen molar-refractivity contribution in [3.63, 3.8) is 0 Å². The molecule has 1 aliphatic rings. The third-order valence-corrected chi connectivity index (χ3v) is 4.02. The highest BCUT2D eigenvalue weighted by Crippen LogP contribution is 2.22. The lowest BCUT2D eigenvalue weighted by Crippen LogP contribution is -2.41. The number of carbonyl (C=O) groups excluding carboxylic acids is 1. The monoisotopic (exact) mass is 294 g/mol. The number of aromatic nitrogens is 1. The predicted molar refractivity (Wildman–Crippen MR) is 81.1 cm³/mol. The Balaban J connectivity index is 1.83. The van der Waals surface area contributed by atoms with Gasteiger partial charge in [0.2, 0.25) is 0 Å². The molecule has 0 unspecified atom stereocenters. The minimum atomic E-state index is -0.0285. The van der Waals surface area contributed by atoms with Crippen LogP contribution in [0.15, 0.2) is 10.6 Å². The molecular formula is C15H26N4O2. The van der Waals surface area contributed by atoms with Crippen LogP contribution in [-0.2, 0) is 6.54 Å². The van der Waals surface area contributed by atoms with E-state index in [0.717, 1.165) is 56.9 Å². The van der Waals surface area contributed by atoms with Gasteiger partial charge in [0, 0.05) is 31.6 Å². The van der Waals surface area contributed by atoms with Crippen LogP contribution in [-0.4, -0.2) is 42.3 Å². The van der Waals surface area contributed by atoms with Gasteiger partial charge in [-0.15, -0.1) is 0 Å². The Hall–Kier alpha value is -1.56. The molecule has 0 aliphatic carbocycles. The van der Waals surface area contributed by atoms with Crippen LogP contribution in [0.1, 0.15) is 50.5 Å². The van der Waals surface area contributed by atoms with E-state index < -0.39 is 0 Å². The van der Waals surface area contributed by atoms with Crippen LogP contribution in [0, 0.1) is 0 Å².